The van der Waals surface area contributed by atoms with E-state index in [0.29, 0.717) is 11.6 Å². The molecule has 1 aromatic heterocycles. The zero-order valence-corrected chi connectivity index (χ0v) is 15.1. The summed E-state index contributed by atoms with van der Waals surface area (Å²) in [4.78, 5) is 18.4. The number of hydrogen-bond acceptors (Lipinski definition) is 3. The molecular weight excluding hydrogens is 314 g/mol. The van der Waals surface area contributed by atoms with Crippen LogP contribution in [0.25, 0.3) is 10.9 Å². The summed E-state index contributed by atoms with van der Waals surface area (Å²) < 4.78 is 5.40. The third kappa shape index (κ3) is 3.72. The first-order valence-corrected chi connectivity index (χ1v) is 9.26. The number of nitrogens with zero attached hydrogens (tertiary/aromatic N) is 1. The van der Waals surface area contributed by atoms with Crippen molar-refractivity contribution in [3.05, 3.63) is 35.5 Å². The number of aromatic nitrogens is 1. The van der Waals surface area contributed by atoms with Crippen molar-refractivity contribution in [2.24, 2.45) is 0 Å². The van der Waals surface area contributed by atoms with Crippen molar-refractivity contribution in [2.75, 3.05) is 32.8 Å². The molecule has 1 amide bonds. The summed E-state index contributed by atoms with van der Waals surface area (Å²) in [5, 5.41) is 4.39. The van der Waals surface area contributed by atoms with Gasteiger partial charge in [0, 0.05) is 36.1 Å². The second kappa shape index (κ2) is 6.46. The Balaban J connectivity index is 1.48. The molecule has 1 aromatic carbocycles. The van der Waals surface area contributed by atoms with Gasteiger partial charge in [-0.25, -0.2) is 0 Å². The summed E-state index contributed by atoms with van der Waals surface area (Å²) in [6.45, 7) is 8.39. The first kappa shape index (κ1) is 16.6. The SMILES string of the molecule is CC(C)(CN1CCOCC1)NC(=O)c1cc2c(C3CC3)cccc2[nH]1. The number of rotatable bonds is 5. The zero-order valence-electron chi connectivity index (χ0n) is 15.1. The largest absolute Gasteiger partial charge is 0.379 e. The van der Waals surface area contributed by atoms with Crippen molar-refractivity contribution in [2.45, 2.75) is 38.1 Å². The normalized spacial score (nSPS) is 19.3. The van der Waals surface area contributed by atoms with Gasteiger partial charge in [0.05, 0.1) is 13.2 Å². The Hall–Kier alpha value is -1.85. The van der Waals surface area contributed by atoms with E-state index in [-0.39, 0.29) is 11.4 Å². The number of morpholine rings is 1. The summed E-state index contributed by atoms with van der Waals surface area (Å²) in [5.41, 5.74) is 2.80. The van der Waals surface area contributed by atoms with Crippen LogP contribution in [-0.2, 0) is 4.74 Å². The third-order valence-electron chi connectivity index (χ3n) is 5.13. The van der Waals surface area contributed by atoms with Crippen LogP contribution < -0.4 is 5.32 Å². The van der Waals surface area contributed by atoms with E-state index in [9.17, 15) is 4.79 Å². The molecule has 1 saturated carbocycles. The predicted octanol–water partition coefficient (Wildman–Crippen LogP) is 2.89. The lowest BCUT2D eigenvalue weighted by atomic mass is 10.0. The third-order valence-corrected chi connectivity index (χ3v) is 5.13. The van der Waals surface area contributed by atoms with Gasteiger partial charge < -0.3 is 15.0 Å². The number of hydrogen-bond donors (Lipinski definition) is 2. The molecule has 5 heteroatoms. The Labute approximate surface area is 148 Å². The predicted molar refractivity (Wildman–Crippen MR) is 99.1 cm³/mol. The molecular formula is C20H27N3O2. The summed E-state index contributed by atoms with van der Waals surface area (Å²) in [7, 11) is 0. The van der Waals surface area contributed by atoms with E-state index in [1.54, 1.807) is 0 Å². The van der Waals surface area contributed by atoms with Gasteiger partial charge in [-0.1, -0.05) is 12.1 Å². The highest BCUT2D eigenvalue weighted by atomic mass is 16.5. The van der Waals surface area contributed by atoms with Crippen LogP contribution in [0.5, 0.6) is 0 Å². The quantitative estimate of drug-likeness (QED) is 0.879. The molecule has 1 aliphatic carbocycles. The van der Waals surface area contributed by atoms with Crippen LogP contribution in [0.3, 0.4) is 0 Å². The van der Waals surface area contributed by atoms with Crippen LogP contribution in [0.15, 0.2) is 24.3 Å². The van der Waals surface area contributed by atoms with Crippen molar-refractivity contribution in [3.8, 4) is 0 Å². The lowest BCUT2D eigenvalue weighted by Gasteiger charge is -2.35. The molecule has 0 spiro atoms. The van der Waals surface area contributed by atoms with Crippen LogP contribution in [0.2, 0.25) is 0 Å². The average molecular weight is 341 g/mol. The molecule has 0 bridgehead atoms. The molecule has 2 aromatic rings. The highest BCUT2D eigenvalue weighted by molar-refractivity contribution is 5.99. The van der Waals surface area contributed by atoms with E-state index in [0.717, 1.165) is 38.4 Å². The molecule has 0 atom stereocenters. The summed E-state index contributed by atoms with van der Waals surface area (Å²) >= 11 is 0. The van der Waals surface area contributed by atoms with Crippen molar-refractivity contribution < 1.29 is 9.53 Å². The molecule has 2 aliphatic rings. The number of fused-ring (bicyclic) bond motifs is 1. The van der Waals surface area contributed by atoms with Gasteiger partial charge in [-0.3, -0.25) is 9.69 Å². The molecule has 5 nitrogen and oxygen atoms in total. The molecule has 0 radical (unpaired) electrons. The van der Waals surface area contributed by atoms with E-state index < -0.39 is 0 Å². The minimum atomic E-state index is -0.287. The number of carbonyl (C=O) groups is 1. The number of nitrogens with one attached hydrogen (secondary N) is 2. The maximum atomic E-state index is 12.8. The van der Waals surface area contributed by atoms with Crippen molar-refractivity contribution >= 4 is 16.8 Å². The van der Waals surface area contributed by atoms with E-state index in [2.05, 4.69) is 47.2 Å². The fourth-order valence-corrected chi connectivity index (χ4v) is 3.78. The van der Waals surface area contributed by atoms with Gasteiger partial charge in [-0.15, -0.1) is 0 Å². The Kier molecular flexibility index (Phi) is 4.29. The molecule has 4 rings (SSSR count). The number of H-pyrrole nitrogens is 1. The van der Waals surface area contributed by atoms with E-state index in [1.165, 1.54) is 23.8 Å². The molecule has 0 unspecified atom stereocenters. The van der Waals surface area contributed by atoms with Gasteiger partial charge in [0.25, 0.3) is 5.91 Å². The maximum absolute atomic E-state index is 12.8. The van der Waals surface area contributed by atoms with Crippen LogP contribution in [0, 0.1) is 0 Å². The molecule has 1 saturated heterocycles. The summed E-state index contributed by atoms with van der Waals surface area (Å²) in [6, 6.07) is 8.34. The Morgan fingerprint density at radius 1 is 1.32 bits per heavy atom. The molecule has 2 fully saturated rings. The summed E-state index contributed by atoms with van der Waals surface area (Å²) in [5.74, 6) is 0.643. The number of ether oxygens (including phenoxy) is 1. The number of carbonyl (C=O) groups excluding carboxylic acids is 1. The van der Waals surface area contributed by atoms with Gasteiger partial charge in [0.1, 0.15) is 5.69 Å². The topological polar surface area (TPSA) is 57.4 Å². The first-order chi connectivity index (χ1) is 12.0. The van der Waals surface area contributed by atoms with Gasteiger partial charge >= 0.3 is 0 Å². The van der Waals surface area contributed by atoms with E-state index in [4.69, 9.17) is 4.74 Å². The molecule has 2 heterocycles. The Morgan fingerprint density at radius 3 is 2.80 bits per heavy atom. The molecule has 25 heavy (non-hydrogen) atoms. The van der Waals surface area contributed by atoms with Crippen LogP contribution in [0.1, 0.15) is 48.7 Å². The van der Waals surface area contributed by atoms with E-state index in [1.807, 2.05) is 6.07 Å². The molecule has 134 valence electrons. The highest BCUT2D eigenvalue weighted by Crippen LogP contribution is 2.43. The maximum Gasteiger partial charge on any atom is 0.268 e. The summed E-state index contributed by atoms with van der Waals surface area (Å²) in [6.07, 6.45) is 2.52. The van der Waals surface area contributed by atoms with Crippen LogP contribution in [0.4, 0.5) is 0 Å². The fraction of sp³-hybridized carbons (Fsp3) is 0.550. The Morgan fingerprint density at radius 2 is 2.08 bits per heavy atom. The first-order valence-electron chi connectivity index (χ1n) is 9.26. The Bertz CT molecular complexity index is 770. The van der Waals surface area contributed by atoms with Crippen LogP contribution >= 0.6 is 0 Å². The van der Waals surface area contributed by atoms with Crippen molar-refractivity contribution in [1.82, 2.24) is 15.2 Å². The number of amides is 1. The van der Waals surface area contributed by atoms with Gasteiger partial charge in [0.2, 0.25) is 0 Å². The fourth-order valence-electron chi connectivity index (χ4n) is 3.78. The van der Waals surface area contributed by atoms with Gasteiger partial charge in [-0.2, -0.15) is 0 Å². The molecule has 2 N–H and O–H groups in total. The highest BCUT2D eigenvalue weighted by Gasteiger charge is 2.28. The van der Waals surface area contributed by atoms with Crippen molar-refractivity contribution in [3.63, 3.8) is 0 Å². The average Bonchev–Trinajstić information content (AvgIpc) is 3.32. The second-order valence-corrected chi connectivity index (χ2v) is 7.99. The van der Waals surface area contributed by atoms with Gasteiger partial charge in [-0.05, 0) is 50.3 Å². The zero-order chi connectivity index (χ0) is 17.4. The minimum Gasteiger partial charge on any atom is -0.379 e. The smallest absolute Gasteiger partial charge is 0.268 e. The van der Waals surface area contributed by atoms with Crippen LogP contribution in [-0.4, -0.2) is 54.2 Å². The number of aromatic amines is 1. The monoisotopic (exact) mass is 341 g/mol. The lowest BCUT2D eigenvalue weighted by Crippen LogP contribution is -2.53. The van der Waals surface area contributed by atoms with Crippen molar-refractivity contribution in [1.29, 1.82) is 0 Å². The standard InChI is InChI=1S/C20H27N3O2/c1-20(2,13-23-8-10-25-11-9-23)22-19(24)18-12-16-15(14-6-7-14)4-3-5-17(16)21-18/h3-5,12,14,21H,6-11,13H2,1-2H3,(H,22,24). The molecule has 1 aliphatic heterocycles. The second-order valence-electron chi connectivity index (χ2n) is 7.99. The lowest BCUT2D eigenvalue weighted by molar-refractivity contribution is 0.0269. The number of benzene rings is 1. The minimum absolute atomic E-state index is 0.0313. The van der Waals surface area contributed by atoms with E-state index >= 15 is 0 Å². The van der Waals surface area contributed by atoms with Gasteiger partial charge in [0.15, 0.2) is 0 Å².